The SMILES string of the molecule is C[C@@H]1CCc2sc(-c3nnc(SCC(=O)NCC(F)(F)F)o3)cc2C1. The molecule has 2 aromatic rings. The molecule has 0 spiro atoms. The summed E-state index contributed by atoms with van der Waals surface area (Å²) in [6.45, 7) is 0.881. The Labute approximate surface area is 150 Å². The number of aryl methyl sites for hydroxylation is 1. The molecule has 1 atom stereocenters. The van der Waals surface area contributed by atoms with Crippen LogP contribution < -0.4 is 5.32 Å². The van der Waals surface area contributed by atoms with E-state index < -0.39 is 18.6 Å². The van der Waals surface area contributed by atoms with E-state index in [2.05, 4.69) is 23.2 Å². The second-order valence-electron chi connectivity index (χ2n) is 5.96. The molecule has 1 N–H and O–H groups in total. The fourth-order valence-electron chi connectivity index (χ4n) is 2.56. The summed E-state index contributed by atoms with van der Waals surface area (Å²) in [7, 11) is 0. The summed E-state index contributed by atoms with van der Waals surface area (Å²) < 4.78 is 41.6. The molecule has 25 heavy (non-hydrogen) atoms. The third-order valence-corrected chi connectivity index (χ3v) is 5.80. The van der Waals surface area contributed by atoms with Crippen LogP contribution in [0.3, 0.4) is 0 Å². The molecule has 2 heterocycles. The number of carbonyl (C=O) groups excluding carboxylic acids is 1. The van der Waals surface area contributed by atoms with Gasteiger partial charge in [0, 0.05) is 4.88 Å². The number of carbonyl (C=O) groups is 1. The number of nitrogens with zero attached hydrogens (tertiary/aromatic N) is 2. The van der Waals surface area contributed by atoms with Crippen LogP contribution in [0.2, 0.25) is 0 Å². The highest BCUT2D eigenvalue weighted by Gasteiger charge is 2.27. The van der Waals surface area contributed by atoms with Crippen molar-refractivity contribution in [2.45, 2.75) is 37.6 Å². The monoisotopic (exact) mass is 391 g/mol. The van der Waals surface area contributed by atoms with Crippen molar-refractivity contribution in [3.8, 4) is 10.8 Å². The van der Waals surface area contributed by atoms with Crippen LogP contribution in [-0.4, -0.2) is 34.6 Å². The van der Waals surface area contributed by atoms with Crippen LogP contribution in [0.1, 0.15) is 23.8 Å². The Hall–Kier alpha value is -1.55. The zero-order chi connectivity index (χ0) is 18.0. The molecule has 0 radical (unpaired) electrons. The van der Waals surface area contributed by atoms with Gasteiger partial charge in [0.1, 0.15) is 6.54 Å². The lowest BCUT2D eigenvalue weighted by atomic mass is 9.90. The summed E-state index contributed by atoms with van der Waals surface area (Å²) in [5, 5.41) is 9.78. The van der Waals surface area contributed by atoms with Gasteiger partial charge in [0.25, 0.3) is 11.1 Å². The van der Waals surface area contributed by atoms with Gasteiger partial charge in [0.05, 0.1) is 10.6 Å². The predicted octanol–water partition coefficient (Wildman–Crippen LogP) is 3.69. The van der Waals surface area contributed by atoms with Crippen molar-refractivity contribution in [3.63, 3.8) is 0 Å². The predicted molar refractivity (Wildman–Crippen MR) is 88.6 cm³/mol. The number of rotatable bonds is 5. The maximum absolute atomic E-state index is 12.0. The van der Waals surface area contributed by atoms with E-state index in [0.29, 0.717) is 11.8 Å². The first-order valence-corrected chi connectivity index (χ1v) is 9.52. The van der Waals surface area contributed by atoms with Crippen molar-refractivity contribution < 1.29 is 22.4 Å². The fourth-order valence-corrected chi connectivity index (χ4v) is 4.28. The van der Waals surface area contributed by atoms with Gasteiger partial charge in [-0.25, -0.2) is 0 Å². The number of thioether (sulfide) groups is 1. The Morgan fingerprint density at radius 2 is 2.28 bits per heavy atom. The smallest absolute Gasteiger partial charge is 0.405 e. The van der Waals surface area contributed by atoms with Gasteiger partial charge < -0.3 is 9.73 Å². The Morgan fingerprint density at radius 3 is 3.04 bits per heavy atom. The van der Waals surface area contributed by atoms with Crippen molar-refractivity contribution in [2.24, 2.45) is 5.92 Å². The normalized spacial score (nSPS) is 17.4. The first-order chi connectivity index (χ1) is 11.8. The van der Waals surface area contributed by atoms with Gasteiger partial charge in [-0.2, -0.15) is 13.2 Å². The average Bonchev–Trinajstić information content (AvgIpc) is 3.16. The van der Waals surface area contributed by atoms with Gasteiger partial charge in [-0.1, -0.05) is 18.7 Å². The van der Waals surface area contributed by atoms with Crippen LogP contribution >= 0.6 is 23.1 Å². The highest BCUT2D eigenvalue weighted by molar-refractivity contribution is 7.99. The molecule has 3 rings (SSSR count). The number of nitrogens with one attached hydrogen (secondary N) is 1. The van der Waals surface area contributed by atoms with Crippen LogP contribution in [0.25, 0.3) is 10.8 Å². The van der Waals surface area contributed by atoms with Gasteiger partial charge in [0.2, 0.25) is 5.91 Å². The van der Waals surface area contributed by atoms with Crippen LogP contribution in [0, 0.1) is 5.92 Å². The number of fused-ring (bicyclic) bond motifs is 1. The van der Waals surface area contributed by atoms with E-state index in [1.54, 1.807) is 16.7 Å². The van der Waals surface area contributed by atoms with Crippen LogP contribution in [-0.2, 0) is 17.6 Å². The molecule has 0 unspecified atom stereocenters. The summed E-state index contributed by atoms with van der Waals surface area (Å²) in [6.07, 6.45) is -1.16. The molecule has 1 aliphatic carbocycles. The first-order valence-electron chi connectivity index (χ1n) is 7.72. The van der Waals surface area contributed by atoms with Crippen molar-refractivity contribution in [1.82, 2.24) is 15.5 Å². The van der Waals surface area contributed by atoms with E-state index in [1.165, 1.54) is 16.9 Å². The fraction of sp³-hybridized carbons (Fsp3) is 0.533. The Balaban J connectivity index is 1.57. The maximum atomic E-state index is 12.0. The molecule has 1 amide bonds. The topological polar surface area (TPSA) is 68.0 Å². The molecule has 10 heteroatoms. The molecule has 2 aromatic heterocycles. The third kappa shape index (κ3) is 4.97. The number of hydrogen-bond acceptors (Lipinski definition) is 6. The van der Waals surface area contributed by atoms with E-state index >= 15 is 0 Å². The summed E-state index contributed by atoms with van der Waals surface area (Å²) in [6, 6.07) is 2.06. The third-order valence-electron chi connectivity index (χ3n) is 3.76. The highest BCUT2D eigenvalue weighted by atomic mass is 32.2. The van der Waals surface area contributed by atoms with Gasteiger partial charge in [-0.05, 0) is 36.8 Å². The molecular weight excluding hydrogens is 375 g/mol. The quantitative estimate of drug-likeness (QED) is 0.788. The zero-order valence-electron chi connectivity index (χ0n) is 13.4. The van der Waals surface area contributed by atoms with Crippen molar-refractivity contribution >= 4 is 29.0 Å². The molecule has 136 valence electrons. The molecule has 0 aliphatic heterocycles. The Bertz CT molecular complexity index is 758. The van der Waals surface area contributed by atoms with E-state index in [1.807, 2.05) is 0 Å². The number of thiophene rings is 1. The Kier molecular flexibility index (Phi) is 5.38. The number of amides is 1. The molecule has 0 fully saturated rings. The van der Waals surface area contributed by atoms with E-state index in [9.17, 15) is 18.0 Å². The van der Waals surface area contributed by atoms with Gasteiger partial charge in [-0.3, -0.25) is 4.79 Å². The second-order valence-corrected chi connectivity index (χ2v) is 8.02. The summed E-state index contributed by atoms with van der Waals surface area (Å²) in [5.74, 6) is 0.0998. The molecule has 0 bridgehead atoms. The largest absolute Gasteiger partial charge is 0.410 e. The lowest BCUT2D eigenvalue weighted by molar-refractivity contribution is -0.136. The van der Waals surface area contributed by atoms with Gasteiger partial charge in [0.15, 0.2) is 0 Å². The molecule has 5 nitrogen and oxygen atoms in total. The molecule has 0 aromatic carbocycles. The minimum atomic E-state index is -4.42. The van der Waals surface area contributed by atoms with Gasteiger partial charge >= 0.3 is 6.18 Å². The van der Waals surface area contributed by atoms with Gasteiger partial charge in [-0.15, -0.1) is 21.5 Å². The van der Waals surface area contributed by atoms with Crippen LogP contribution in [0.4, 0.5) is 13.2 Å². The van der Waals surface area contributed by atoms with Crippen LogP contribution in [0.15, 0.2) is 15.7 Å². The lowest BCUT2D eigenvalue weighted by Gasteiger charge is -2.16. The van der Waals surface area contributed by atoms with Crippen LogP contribution in [0.5, 0.6) is 0 Å². The standard InChI is InChI=1S/C15H16F3N3O2S2/c1-8-2-3-10-9(4-8)5-11(25-10)13-20-21-14(23-13)24-6-12(22)19-7-15(16,17)18/h5,8H,2-4,6-7H2,1H3,(H,19,22)/t8-/m1/s1. The summed E-state index contributed by atoms with van der Waals surface area (Å²) >= 11 is 2.54. The van der Waals surface area contributed by atoms with Crippen molar-refractivity contribution in [3.05, 3.63) is 16.5 Å². The average molecular weight is 391 g/mol. The number of hydrogen-bond donors (Lipinski definition) is 1. The number of aromatic nitrogens is 2. The van der Waals surface area contributed by atoms with E-state index in [-0.39, 0.29) is 11.0 Å². The Morgan fingerprint density at radius 1 is 1.48 bits per heavy atom. The molecular formula is C15H16F3N3O2S2. The van der Waals surface area contributed by atoms with E-state index in [0.717, 1.165) is 29.5 Å². The van der Waals surface area contributed by atoms with Crippen molar-refractivity contribution in [1.29, 1.82) is 0 Å². The number of halogens is 3. The van der Waals surface area contributed by atoms with Crippen molar-refractivity contribution in [2.75, 3.05) is 12.3 Å². The zero-order valence-corrected chi connectivity index (χ0v) is 15.0. The summed E-state index contributed by atoms with van der Waals surface area (Å²) in [4.78, 5) is 13.6. The maximum Gasteiger partial charge on any atom is 0.405 e. The lowest BCUT2D eigenvalue weighted by Crippen LogP contribution is -2.34. The molecule has 0 saturated heterocycles. The number of alkyl halides is 3. The first kappa shape index (κ1) is 18.2. The molecule has 0 saturated carbocycles. The van der Waals surface area contributed by atoms with E-state index in [4.69, 9.17) is 4.42 Å². The minimum Gasteiger partial charge on any atom is -0.410 e. The summed E-state index contributed by atoms with van der Waals surface area (Å²) in [5.41, 5.74) is 1.32. The minimum absolute atomic E-state index is 0.164. The molecule has 1 aliphatic rings. The second kappa shape index (κ2) is 7.36. The highest BCUT2D eigenvalue weighted by Crippen LogP contribution is 2.37.